The van der Waals surface area contributed by atoms with E-state index in [1.165, 1.54) is 26.0 Å². The molecule has 4 aromatic heterocycles. The molecule has 3 atom stereocenters. The number of alkyl halides is 2. The third-order valence-electron chi connectivity index (χ3n) is 12.5. The number of anilines is 2. The lowest BCUT2D eigenvalue weighted by atomic mass is 9.86. The van der Waals surface area contributed by atoms with E-state index in [0.29, 0.717) is 35.6 Å². The summed E-state index contributed by atoms with van der Waals surface area (Å²) in [6.07, 6.45) is 8.42. The number of carbonyl (C=O) groups is 3. The molecular weight excluding hydrogens is 777 g/mol. The molecule has 0 spiro atoms. The summed E-state index contributed by atoms with van der Waals surface area (Å²) in [6.45, 7) is 3.16. The van der Waals surface area contributed by atoms with Crippen LogP contribution in [0.5, 0.6) is 0 Å². The Bertz CT molecular complexity index is 2590. The first-order chi connectivity index (χ1) is 29.0. The molecule has 4 aliphatic rings. The fraction of sp³-hybridized carbons (Fsp3) is 0.500. The number of fused-ring (bicyclic) bond motifs is 4. The molecule has 60 heavy (non-hydrogen) atoms. The minimum Gasteiger partial charge on any atom is -0.374 e. The predicted molar refractivity (Wildman–Crippen MR) is 217 cm³/mol. The van der Waals surface area contributed by atoms with Crippen LogP contribution in [0, 0.1) is 17.8 Å². The zero-order chi connectivity index (χ0) is 41.7. The van der Waals surface area contributed by atoms with E-state index in [9.17, 15) is 28.0 Å². The van der Waals surface area contributed by atoms with Gasteiger partial charge in [0.15, 0.2) is 11.3 Å². The lowest BCUT2D eigenvalue weighted by Gasteiger charge is -2.31. The molecular formula is C42H47F2N11O5. The van der Waals surface area contributed by atoms with Gasteiger partial charge in [-0.3, -0.25) is 33.5 Å². The summed E-state index contributed by atoms with van der Waals surface area (Å²) in [5.41, 5.74) is 1.83. The average molecular weight is 824 g/mol. The minimum atomic E-state index is -2.86. The number of piperidine rings is 1. The van der Waals surface area contributed by atoms with Crippen LogP contribution in [0.2, 0.25) is 0 Å². The van der Waals surface area contributed by atoms with Crippen LogP contribution in [0.4, 0.5) is 20.3 Å². The van der Waals surface area contributed by atoms with E-state index >= 15 is 0 Å². The summed E-state index contributed by atoms with van der Waals surface area (Å²) in [7, 11) is 3.77. The fourth-order valence-corrected chi connectivity index (χ4v) is 9.30. The first kappa shape index (κ1) is 39.5. The molecule has 314 valence electrons. The number of nitrogens with zero attached hydrogens (tertiary/aromatic N) is 9. The lowest BCUT2D eigenvalue weighted by Crippen LogP contribution is -2.44. The summed E-state index contributed by atoms with van der Waals surface area (Å²) in [6, 6.07) is 6.82. The molecule has 9 rings (SSSR count). The molecule has 0 radical (unpaired) electrons. The highest BCUT2D eigenvalue weighted by atomic mass is 19.3. The van der Waals surface area contributed by atoms with Gasteiger partial charge in [0.25, 0.3) is 12.3 Å². The van der Waals surface area contributed by atoms with E-state index in [1.807, 2.05) is 18.2 Å². The molecule has 3 amide bonds. The number of carbonyl (C=O) groups excluding carboxylic acids is 3. The molecule has 1 aromatic carbocycles. The first-order valence-electron chi connectivity index (χ1n) is 20.6. The van der Waals surface area contributed by atoms with Gasteiger partial charge in [-0.05, 0) is 88.7 Å². The largest absolute Gasteiger partial charge is 0.374 e. The summed E-state index contributed by atoms with van der Waals surface area (Å²) >= 11 is 0. The number of nitrogens with one attached hydrogen (secondary N) is 2. The number of halogens is 2. The Morgan fingerprint density at radius 1 is 1.10 bits per heavy atom. The molecule has 7 heterocycles. The van der Waals surface area contributed by atoms with Crippen LogP contribution < -0.4 is 21.2 Å². The Balaban J connectivity index is 0.758. The number of hydrogen-bond donors (Lipinski definition) is 2. The van der Waals surface area contributed by atoms with Crippen LogP contribution in [0.25, 0.3) is 16.7 Å². The Labute approximate surface area is 343 Å². The Hall–Kier alpha value is -5.93. The van der Waals surface area contributed by atoms with Crippen molar-refractivity contribution in [2.75, 3.05) is 43.5 Å². The SMILES string of the molecule is CN(CCCC#Cc1ccc2c(c1)n(C)c(=O)n2C1CCC(=O)NC1=O)CC1CCC(n2cc(NC(=O)c3cnn4ccc(N5C[C@H]6C[C@@H]5CO6)nc34)c(C(F)F)n2)CC1. The third kappa shape index (κ3) is 7.67. The Kier molecular flexibility index (Phi) is 10.7. The van der Waals surface area contributed by atoms with Crippen molar-refractivity contribution >= 4 is 45.9 Å². The Morgan fingerprint density at radius 3 is 2.68 bits per heavy atom. The van der Waals surface area contributed by atoms with Crippen molar-refractivity contribution < 1.29 is 27.9 Å². The number of imide groups is 1. The number of imidazole rings is 1. The highest BCUT2D eigenvalue weighted by Crippen LogP contribution is 2.36. The van der Waals surface area contributed by atoms with Gasteiger partial charge in [0.1, 0.15) is 17.4 Å². The van der Waals surface area contributed by atoms with Crippen molar-refractivity contribution in [3.63, 3.8) is 0 Å². The quantitative estimate of drug-likeness (QED) is 0.112. The monoisotopic (exact) mass is 823 g/mol. The van der Waals surface area contributed by atoms with Crippen LogP contribution in [-0.4, -0.2) is 102 Å². The predicted octanol–water partition coefficient (Wildman–Crippen LogP) is 4.22. The number of morpholine rings is 1. The van der Waals surface area contributed by atoms with Crippen LogP contribution in [-0.2, 0) is 21.4 Å². The van der Waals surface area contributed by atoms with E-state index in [4.69, 9.17) is 9.72 Å². The fourth-order valence-electron chi connectivity index (χ4n) is 9.30. The van der Waals surface area contributed by atoms with E-state index in [0.717, 1.165) is 69.5 Å². The zero-order valence-electron chi connectivity index (χ0n) is 33.5. The van der Waals surface area contributed by atoms with Gasteiger partial charge in [0, 0.05) is 50.9 Å². The van der Waals surface area contributed by atoms with Crippen molar-refractivity contribution in [1.29, 1.82) is 0 Å². The zero-order valence-corrected chi connectivity index (χ0v) is 33.5. The molecule has 3 aliphatic heterocycles. The number of amides is 3. The molecule has 18 heteroatoms. The molecule has 2 N–H and O–H groups in total. The van der Waals surface area contributed by atoms with E-state index in [-0.39, 0.29) is 53.9 Å². The second kappa shape index (κ2) is 16.3. The number of aryl methyl sites for hydroxylation is 1. The van der Waals surface area contributed by atoms with Crippen molar-refractivity contribution in [3.05, 3.63) is 70.2 Å². The lowest BCUT2D eigenvalue weighted by molar-refractivity contribution is -0.135. The number of benzene rings is 1. The summed E-state index contributed by atoms with van der Waals surface area (Å²) < 4.78 is 40.3. The number of rotatable bonds is 11. The van der Waals surface area contributed by atoms with Gasteiger partial charge in [-0.1, -0.05) is 11.8 Å². The minimum absolute atomic E-state index is 0.0144. The van der Waals surface area contributed by atoms with Crippen LogP contribution >= 0.6 is 0 Å². The Morgan fingerprint density at radius 2 is 1.93 bits per heavy atom. The van der Waals surface area contributed by atoms with Crippen LogP contribution in [0.1, 0.15) is 97.9 Å². The van der Waals surface area contributed by atoms with Gasteiger partial charge in [-0.25, -0.2) is 23.1 Å². The van der Waals surface area contributed by atoms with Gasteiger partial charge in [0.2, 0.25) is 11.8 Å². The third-order valence-corrected chi connectivity index (χ3v) is 12.5. The van der Waals surface area contributed by atoms with Crippen LogP contribution in [0.15, 0.2) is 47.7 Å². The highest BCUT2D eigenvalue weighted by molar-refractivity contribution is 6.08. The molecule has 4 fully saturated rings. The van der Waals surface area contributed by atoms with E-state index < -0.39 is 30.0 Å². The molecule has 5 aromatic rings. The van der Waals surface area contributed by atoms with Crippen molar-refractivity contribution in [3.8, 4) is 11.8 Å². The van der Waals surface area contributed by atoms with Gasteiger partial charge in [-0.2, -0.15) is 10.2 Å². The number of unbranched alkanes of at least 4 members (excludes halogenated alkanes) is 1. The molecule has 1 unspecified atom stereocenters. The van der Waals surface area contributed by atoms with E-state index in [1.54, 1.807) is 24.0 Å². The van der Waals surface area contributed by atoms with Crippen molar-refractivity contribution in [2.24, 2.45) is 13.0 Å². The van der Waals surface area contributed by atoms with Gasteiger partial charge >= 0.3 is 5.69 Å². The molecule has 2 bridgehead atoms. The molecule has 16 nitrogen and oxygen atoms in total. The van der Waals surface area contributed by atoms with Gasteiger partial charge in [0.05, 0.1) is 47.7 Å². The number of ether oxygens (including phenoxy) is 1. The summed E-state index contributed by atoms with van der Waals surface area (Å²) in [4.78, 5) is 59.9. The molecule has 3 saturated heterocycles. The second-order valence-electron chi connectivity index (χ2n) is 16.5. The maximum absolute atomic E-state index is 14.2. The summed E-state index contributed by atoms with van der Waals surface area (Å²) in [5.74, 6) is 6.28. The second-order valence-corrected chi connectivity index (χ2v) is 16.5. The van der Waals surface area contributed by atoms with Gasteiger partial charge < -0.3 is 19.9 Å². The number of aromatic nitrogens is 7. The van der Waals surface area contributed by atoms with Crippen LogP contribution in [0.3, 0.4) is 0 Å². The maximum atomic E-state index is 14.2. The summed E-state index contributed by atoms with van der Waals surface area (Å²) in [5, 5.41) is 13.5. The molecule has 1 saturated carbocycles. The average Bonchev–Trinajstić information content (AvgIpc) is 4.08. The molecule has 1 aliphatic carbocycles. The van der Waals surface area contributed by atoms with Crippen molar-refractivity contribution in [1.82, 2.24) is 43.7 Å². The van der Waals surface area contributed by atoms with Gasteiger partial charge in [-0.15, -0.1) is 0 Å². The first-order valence-corrected chi connectivity index (χ1v) is 20.6. The highest BCUT2D eigenvalue weighted by Gasteiger charge is 2.40. The maximum Gasteiger partial charge on any atom is 0.329 e. The van der Waals surface area contributed by atoms with Crippen molar-refractivity contribution in [2.45, 2.75) is 88.4 Å². The number of hydrogen-bond acceptors (Lipinski definition) is 10. The standard InChI is InChI=1S/C42H47F2N11O5/c1-50(16-5-3-4-6-25-9-12-32-34(18-25)51(2)42(59)55(32)33-13-14-36(56)48-41(33)58)21-26-7-10-27(11-8-26)54-23-31(37(49-54)38(43)44)46-40(57)30-20-45-53-17-15-35(47-39(30)53)52-22-29-19-28(52)24-60-29/h9,12,15,17-18,20,23,26-29,33,38H,3,5,7-8,10-11,13-14,16,19,21-22,24H2,1-2H3,(H,46,57)(H,48,56,58)/t26?,27?,28-,29-,33?/m1/s1. The topological polar surface area (TPSA) is 166 Å². The normalized spacial score (nSPS) is 22.9. The smallest absolute Gasteiger partial charge is 0.329 e. The van der Waals surface area contributed by atoms with E-state index in [2.05, 4.69) is 49.5 Å².